The Hall–Kier alpha value is -0.900. The van der Waals surface area contributed by atoms with E-state index in [1.54, 1.807) is 0 Å². The maximum atomic E-state index is 6.03. The van der Waals surface area contributed by atoms with E-state index in [1.165, 1.54) is 20.5 Å². The number of ether oxygens (including phenoxy) is 1. The second-order valence-corrected chi connectivity index (χ2v) is 8.64. The molecule has 0 amide bonds. The van der Waals surface area contributed by atoms with Crippen LogP contribution in [0, 0.1) is 0 Å². The summed E-state index contributed by atoms with van der Waals surface area (Å²) in [6.45, 7) is 14.5. The number of benzene rings is 1. The smallest absolute Gasteiger partial charge is 0.0741 e. The minimum atomic E-state index is -0.113. The van der Waals surface area contributed by atoms with Gasteiger partial charge in [-0.2, -0.15) is 0 Å². The van der Waals surface area contributed by atoms with Gasteiger partial charge < -0.3 is 10.1 Å². The molecule has 116 valence electrons. The third-order valence-corrected chi connectivity index (χ3v) is 4.42. The number of hydrogen-bond acceptors (Lipinski definition) is 3. The molecule has 1 N–H and O–H groups in total. The average molecular weight is 305 g/mol. The lowest BCUT2D eigenvalue weighted by Crippen LogP contribution is -2.35. The van der Waals surface area contributed by atoms with Crippen LogP contribution in [0.15, 0.2) is 24.3 Å². The van der Waals surface area contributed by atoms with Gasteiger partial charge in [0, 0.05) is 27.2 Å². The highest BCUT2D eigenvalue weighted by Crippen LogP contribution is 2.33. The van der Waals surface area contributed by atoms with Gasteiger partial charge in [-0.25, -0.2) is 0 Å². The Morgan fingerprint density at radius 1 is 1.05 bits per heavy atom. The van der Waals surface area contributed by atoms with E-state index in [0.717, 1.165) is 6.54 Å². The monoisotopic (exact) mass is 305 g/mol. The summed E-state index contributed by atoms with van der Waals surface area (Å²) in [5.74, 6) is 0. The summed E-state index contributed by atoms with van der Waals surface area (Å²) in [6.07, 6.45) is 0. The van der Waals surface area contributed by atoms with E-state index in [9.17, 15) is 0 Å². The van der Waals surface area contributed by atoms with Crippen LogP contribution in [0.3, 0.4) is 0 Å². The molecular weight excluding hydrogens is 278 g/mol. The highest BCUT2D eigenvalue weighted by Gasteiger charge is 2.17. The van der Waals surface area contributed by atoms with Crippen molar-refractivity contribution in [2.75, 3.05) is 0 Å². The van der Waals surface area contributed by atoms with E-state index in [2.05, 4.69) is 71.1 Å². The van der Waals surface area contributed by atoms with Crippen molar-refractivity contribution in [1.29, 1.82) is 0 Å². The van der Waals surface area contributed by atoms with E-state index < -0.39 is 0 Å². The standard InChI is InChI=1S/C18H27NOS/c1-17(2,3)19-11-16-14(12-20-18(4,5)6)13-9-7-8-10-15(13)21-16/h7-10,19H,11-12H2,1-6H3. The summed E-state index contributed by atoms with van der Waals surface area (Å²) in [5.41, 5.74) is 1.35. The predicted molar refractivity (Wildman–Crippen MR) is 93.0 cm³/mol. The Balaban J connectivity index is 2.29. The van der Waals surface area contributed by atoms with Gasteiger partial charge in [-0.3, -0.25) is 0 Å². The molecule has 1 aromatic heterocycles. The molecule has 0 atom stereocenters. The van der Waals surface area contributed by atoms with Crippen molar-refractivity contribution in [1.82, 2.24) is 5.32 Å². The first-order valence-electron chi connectivity index (χ1n) is 7.54. The van der Waals surface area contributed by atoms with Gasteiger partial charge in [0.15, 0.2) is 0 Å². The van der Waals surface area contributed by atoms with Gasteiger partial charge in [0.25, 0.3) is 0 Å². The SMILES string of the molecule is CC(C)(C)NCc1sc2ccccc2c1COC(C)(C)C. The van der Waals surface area contributed by atoms with Gasteiger partial charge in [0.1, 0.15) is 0 Å². The van der Waals surface area contributed by atoms with Crippen LogP contribution in [0.5, 0.6) is 0 Å². The molecule has 21 heavy (non-hydrogen) atoms. The molecule has 0 saturated heterocycles. The molecule has 2 rings (SSSR count). The van der Waals surface area contributed by atoms with Crippen LogP contribution in [0.2, 0.25) is 0 Å². The maximum Gasteiger partial charge on any atom is 0.0741 e. The Labute approximate surface area is 132 Å². The van der Waals surface area contributed by atoms with Crippen LogP contribution in [-0.2, 0) is 17.9 Å². The van der Waals surface area contributed by atoms with Crippen molar-refractivity contribution in [2.45, 2.75) is 65.8 Å². The van der Waals surface area contributed by atoms with Crippen molar-refractivity contribution in [3.8, 4) is 0 Å². The van der Waals surface area contributed by atoms with Gasteiger partial charge in [-0.1, -0.05) is 18.2 Å². The van der Waals surface area contributed by atoms with Crippen LogP contribution >= 0.6 is 11.3 Å². The zero-order chi connectivity index (χ0) is 15.7. The molecule has 0 unspecified atom stereocenters. The molecule has 3 heteroatoms. The van der Waals surface area contributed by atoms with Gasteiger partial charge in [0.05, 0.1) is 12.2 Å². The fourth-order valence-electron chi connectivity index (χ4n) is 2.08. The lowest BCUT2D eigenvalue weighted by atomic mass is 10.1. The summed E-state index contributed by atoms with van der Waals surface area (Å²) in [5, 5.41) is 4.92. The fraction of sp³-hybridized carbons (Fsp3) is 0.556. The minimum Gasteiger partial charge on any atom is -0.371 e. The molecular formula is C18H27NOS. The molecule has 0 spiro atoms. The van der Waals surface area contributed by atoms with E-state index >= 15 is 0 Å². The summed E-state index contributed by atoms with van der Waals surface area (Å²) >= 11 is 1.87. The first kappa shape index (κ1) is 16.5. The van der Waals surface area contributed by atoms with Gasteiger partial charge in [0.2, 0.25) is 0 Å². The van der Waals surface area contributed by atoms with Crippen LogP contribution in [0.25, 0.3) is 10.1 Å². The number of nitrogens with one attached hydrogen (secondary N) is 1. The molecule has 0 bridgehead atoms. The molecule has 0 aliphatic heterocycles. The molecule has 2 nitrogen and oxygen atoms in total. The van der Waals surface area contributed by atoms with Gasteiger partial charge >= 0.3 is 0 Å². The Bertz CT molecular complexity index is 602. The maximum absolute atomic E-state index is 6.03. The number of thiophene rings is 1. The quantitative estimate of drug-likeness (QED) is 0.848. The largest absolute Gasteiger partial charge is 0.371 e. The molecule has 0 aliphatic rings. The average Bonchev–Trinajstić information content (AvgIpc) is 2.70. The molecule has 0 radical (unpaired) electrons. The molecule has 0 fully saturated rings. The summed E-state index contributed by atoms with van der Waals surface area (Å²) in [6, 6.07) is 8.61. The zero-order valence-corrected chi connectivity index (χ0v) is 14.9. The Morgan fingerprint density at radius 3 is 2.33 bits per heavy atom. The normalized spacial score (nSPS) is 13.0. The molecule has 1 heterocycles. The fourth-order valence-corrected chi connectivity index (χ4v) is 3.23. The van der Waals surface area contributed by atoms with E-state index in [-0.39, 0.29) is 11.1 Å². The molecule has 1 aromatic carbocycles. The van der Waals surface area contributed by atoms with Crippen molar-refractivity contribution in [3.63, 3.8) is 0 Å². The molecule has 0 aliphatic carbocycles. The Morgan fingerprint density at radius 2 is 1.71 bits per heavy atom. The lowest BCUT2D eigenvalue weighted by molar-refractivity contribution is -0.0146. The zero-order valence-electron chi connectivity index (χ0n) is 14.0. The van der Waals surface area contributed by atoms with E-state index in [4.69, 9.17) is 4.74 Å². The third-order valence-electron chi connectivity index (χ3n) is 3.21. The number of fused-ring (bicyclic) bond motifs is 1. The van der Waals surface area contributed by atoms with Crippen molar-refractivity contribution < 1.29 is 4.74 Å². The summed E-state index contributed by atoms with van der Waals surface area (Å²) < 4.78 is 7.38. The summed E-state index contributed by atoms with van der Waals surface area (Å²) in [7, 11) is 0. The topological polar surface area (TPSA) is 21.3 Å². The highest BCUT2D eigenvalue weighted by atomic mass is 32.1. The van der Waals surface area contributed by atoms with Gasteiger partial charge in [-0.15, -0.1) is 11.3 Å². The Kier molecular flexibility index (Phi) is 4.76. The minimum absolute atomic E-state index is 0.113. The van der Waals surface area contributed by atoms with Crippen LogP contribution in [0.4, 0.5) is 0 Å². The van der Waals surface area contributed by atoms with Crippen molar-refractivity contribution in [3.05, 3.63) is 34.7 Å². The first-order chi connectivity index (χ1) is 9.66. The van der Waals surface area contributed by atoms with Crippen molar-refractivity contribution >= 4 is 21.4 Å². The van der Waals surface area contributed by atoms with E-state index in [0.29, 0.717) is 6.61 Å². The summed E-state index contributed by atoms with van der Waals surface area (Å²) in [4.78, 5) is 1.38. The molecule has 0 saturated carbocycles. The second kappa shape index (κ2) is 6.07. The number of rotatable bonds is 4. The molecule has 2 aromatic rings. The number of hydrogen-bond donors (Lipinski definition) is 1. The first-order valence-corrected chi connectivity index (χ1v) is 8.36. The third kappa shape index (κ3) is 4.80. The second-order valence-electron chi connectivity index (χ2n) is 7.50. The predicted octanol–water partition coefficient (Wildman–Crippen LogP) is 5.10. The van der Waals surface area contributed by atoms with Crippen molar-refractivity contribution in [2.24, 2.45) is 0 Å². The van der Waals surface area contributed by atoms with Crippen LogP contribution < -0.4 is 5.32 Å². The van der Waals surface area contributed by atoms with Crippen LogP contribution in [0.1, 0.15) is 52.0 Å². The van der Waals surface area contributed by atoms with Gasteiger partial charge in [-0.05, 0) is 53.0 Å². The highest BCUT2D eigenvalue weighted by molar-refractivity contribution is 7.19. The van der Waals surface area contributed by atoms with E-state index in [1.807, 2.05) is 11.3 Å². The lowest BCUT2D eigenvalue weighted by Gasteiger charge is -2.22. The van der Waals surface area contributed by atoms with Crippen LogP contribution in [-0.4, -0.2) is 11.1 Å².